The van der Waals surface area contributed by atoms with Gasteiger partial charge in [0.05, 0.1) is 12.5 Å². The molecule has 0 aromatic heterocycles. The number of ether oxygens (including phenoxy) is 2. The summed E-state index contributed by atoms with van der Waals surface area (Å²) in [5.74, 6) is -0.450. The summed E-state index contributed by atoms with van der Waals surface area (Å²) in [4.78, 5) is 23.2. The van der Waals surface area contributed by atoms with Gasteiger partial charge in [0.2, 0.25) is 0 Å². The molecule has 4 nitrogen and oxygen atoms in total. The van der Waals surface area contributed by atoms with Crippen LogP contribution in [0.4, 0.5) is 0 Å². The lowest BCUT2D eigenvalue weighted by Gasteiger charge is -2.15. The van der Waals surface area contributed by atoms with Crippen LogP contribution in [-0.4, -0.2) is 25.2 Å². The van der Waals surface area contributed by atoms with E-state index in [0.29, 0.717) is 12.5 Å². The summed E-state index contributed by atoms with van der Waals surface area (Å²) >= 11 is 0. The zero-order chi connectivity index (χ0) is 15.4. The number of hydrogen-bond donors (Lipinski definition) is 0. The van der Waals surface area contributed by atoms with Crippen LogP contribution in [-0.2, 0) is 19.1 Å². The normalized spacial score (nSPS) is 12.2. The second-order valence-corrected chi connectivity index (χ2v) is 5.22. The summed E-state index contributed by atoms with van der Waals surface area (Å²) in [6.45, 7) is 8.29. The van der Waals surface area contributed by atoms with Gasteiger partial charge in [-0.2, -0.15) is 0 Å². The molecule has 0 rings (SSSR count). The predicted octanol–water partition coefficient (Wildman–Crippen LogP) is 3.73. The molecule has 0 radical (unpaired) electrons. The molecule has 0 aliphatic rings. The Balaban J connectivity index is 3.90. The van der Waals surface area contributed by atoms with Gasteiger partial charge in [-0.25, -0.2) is 4.79 Å². The van der Waals surface area contributed by atoms with Gasteiger partial charge in [-0.1, -0.05) is 47.0 Å². The Hall–Kier alpha value is -1.06. The highest BCUT2D eigenvalue weighted by molar-refractivity contribution is 5.77. The highest BCUT2D eigenvalue weighted by Crippen LogP contribution is 2.13. The summed E-state index contributed by atoms with van der Waals surface area (Å²) in [5, 5.41) is 0. The lowest BCUT2D eigenvalue weighted by Crippen LogP contribution is -2.23. The Bertz CT molecular complexity index is 272. The third-order valence-electron chi connectivity index (χ3n) is 3.67. The molecule has 0 heterocycles. The van der Waals surface area contributed by atoms with Crippen molar-refractivity contribution < 1.29 is 19.1 Å². The van der Waals surface area contributed by atoms with Gasteiger partial charge < -0.3 is 9.47 Å². The van der Waals surface area contributed by atoms with Crippen LogP contribution in [0.3, 0.4) is 0 Å². The van der Waals surface area contributed by atoms with Gasteiger partial charge in [0.25, 0.3) is 0 Å². The van der Waals surface area contributed by atoms with Crippen LogP contribution in [0.25, 0.3) is 0 Å². The van der Waals surface area contributed by atoms with E-state index in [0.717, 1.165) is 38.5 Å². The highest BCUT2D eigenvalue weighted by atomic mass is 16.6. The van der Waals surface area contributed by atoms with Gasteiger partial charge in [0, 0.05) is 0 Å². The maximum atomic E-state index is 11.6. The molecule has 0 spiro atoms. The van der Waals surface area contributed by atoms with Crippen LogP contribution < -0.4 is 0 Å². The van der Waals surface area contributed by atoms with Gasteiger partial charge in [-0.05, 0) is 25.2 Å². The second-order valence-electron chi connectivity index (χ2n) is 5.22. The van der Waals surface area contributed by atoms with Crippen molar-refractivity contribution in [2.24, 2.45) is 11.8 Å². The van der Waals surface area contributed by atoms with Crippen molar-refractivity contribution in [3.05, 3.63) is 0 Å². The first kappa shape index (κ1) is 18.9. The van der Waals surface area contributed by atoms with Crippen molar-refractivity contribution in [2.75, 3.05) is 13.2 Å². The number of rotatable bonds is 11. The van der Waals surface area contributed by atoms with Gasteiger partial charge in [-0.15, -0.1) is 0 Å². The van der Waals surface area contributed by atoms with E-state index in [1.54, 1.807) is 0 Å². The molecule has 20 heavy (non-hydrogen) atoms. The number of esters is 2. The third kappa shape index (κ3) is 8.18. The zero-order valence-corrected chi connectivity index (χ0v) is 13.4. The van der Waals surface area contributed by atoms with Crippen molar-refractivity contribution in [1.82, 2.24) is 0 Å². The van der Waals surface area contributed by atoms with Gasteiger partial charge >= 0.3 is 11.9 Å². The Morgan fingerprint density at radius 2 is 1.60 bits per heavy atom. The fourth-order valence-electron chi connectivity index (χ4n) is 2.02. The van der Waals surface area contributed by atoms with Gasteiger partial charge in [0.15, 0.2) is 6.61 Å². The van der Waals surface area contributed by atoms with Gasteiger partial charge in [0.1, 0.15) is 0 Å². The standard InChI is InChI=1S/C16H30O4/c1-5-9-10-13(6-2)11-19-15(17)12-20-16(18)14(7-3)8-4/h13-14H,5-12H2,1-4H3. The van der Waals surface area contributed by atoms with Crippen molar-refractivity contribution in [3.8, 4) is 0 Å². The average Bonchev–Trinajstić information content (AvgIpc) is 2.46. The fourth-order valence-corrected chi connectivity index (χ4v) is 2.02. The minimum Gasteiger partial charge on any atom is -0.463 e. The molecule has 0 bridgehead atoms. The topological polar surface area (TPSA) is 52.6 Å². The van der Waals surface area contributed by atoms with E-state index in [9.17, 15) is 9.59 Å². The summed E-state index contributed by atoms with van der Waals surface area (Å²) in [5.41, 5.74) is 0. The third-order valence-corrected chi connectivity index (χ3v) is 3.67. The smallest absolute Gasteiger partial charge is 0.344 e. The van der Waals surface area contributed by atoms with E-state index in [2.05, 4.69) is 13.8 Å². The lowest BCUT2D eigenvalue weighted by molar-refractivity contribution is -0.162. The minimum absolute atomic E-state index is 0.115. The van der Waals surface area contributed by atoms with Gasteiger partial charge in [-0.3, -0.25) is 4.79 Å². The Labute approximate surface area is 123 Å². The first-order chi connectivity index (χ1) is 9.58. The molecule has 0 fully saturated rings. The van der Waals surface area contributed by atoms with Crippen molar-refractivity contribution in [1.29, 1.82) is 0 Å². The number of carbonyl (C=O) groups is 2. The van der Waals surface area contributed by atoms with Crippen molar-refractivity contribution in [3.63, 3.8) is 0 Å². The van der Waals surface area contributed by atoms with Crippen LogP contribution in [0.2, 0.25) is 0 Å². The predicted molar refractivity (Wildman–Crippen MR) is 79.3 cm³/mol. The van der Waals surface area contributed by atoms with E-state index < -0.39 is 5.97 Å². The molecule has 0 aliphatic heterocycles. The maximum absolute atomic E-state index is 11.6. The molecular weight excluding hydrogens is 256 g/mol. The molecule has 4 heteroatoms. The highest BCUT2D eigenvalue weighted by Gasteiger charge is 2.18. The van der Waals surface area contributed by atoms with E-state index in [-0.39, 0.29) is 18.5 Å². The number of hydrogen-bond acceptors (Lipinski definition) is 4. The van der Waals surface area contributed by atoms with Crippen LogP contribution in [0.5, 0.6) is 0 Å². The molecule has 0 saturated heterocycles. The first-order valence-electron chi connectivity index (χ1n) is 7.91. The number of carbonyl (C=O) groups excluding carboxylic acids is 2. The molecule has 0 aromatic carbocycles. The Morgan fingerprint density at radius 1 is 0.950 bits per heavy atom. The average molecular weight is 286 g/mol. The maximum Gasteiger partial charge on any atom is 0.344 e. The SMILES string of the molecule is CCCCC(CC)COC(=O)COC(=O)C(CC)CC. The zero-order valence-electron chi connectivity index (χ0n) is 13.4. The molecule has 0 amide bonds. The Kier molecular flexibility index (Phi) is 11.1. The Morgan fingerprint density at radius 3 is 2.10 bits per heavy atom. The minimum atomic E-state index is -0.445. The van der Waals surface area contributed by atoms with Crippen molar-refractivity contribution >= 4 is 11.9 Å². The van der Waals surface area contributed by atoms with Crippen LogP contribution in [0.15, 0.2) is 0 Å². The molecule has 0 aliphatic carbocycles. The largest absolute Gasteiger partial charge is 0.463 e. The van der Waals surface area contributed by atoms with E-state index in [4.69, 9.17) is 9.47 Å². The fraction of sp³-hybridized carbons (Fsp3) is 0.875. The van der Waals surface area contributed by atoms with Crippen LogP contribution in [0, 0.1) is 11.8 Å². The summed E-state index contributed by atoms with van der Waals surface area (Å²) in [6, 6.07) is 0. The first-order valence-corrected chi connectivity index (χ1v) is 7.91. The summed E-state index contributed by atoms with van der Waals surface area (Å²) in [6.07, 6.45) is 5.85. The van der Waals surface area contributed by atoms with E-state index >= 15 is 0 Å². The second kappa shape index (κ2) is 11.7. The molecule has 1 unspecified atom stereocenters. The summed E-state index contributed by atoms with van der Waals surface area (Å²) < 4.78 is 10.2. The molecular formula is C16H30O4. The lowest BCUT2D eigenvalue weighted by atomic mass is 10.0. The van der Waals surface area contributed by atoms with E-state index in [1.165, 1.54) is 0 Å². The summed E-state index contributed by atoms with van der Waals surface area (Å²) in [7, 11) is 0. The van der Waals surface area contributed by atoms with Crippen LogP contribution >= 0.6 is 0 Å². The molecule has 118 valence electrons. The van der Waals surface area contributed by atoms with Crippen LogP contribution in [0.1, 0.15) is 66.2 Å². The quantitative estimate of drug-likeness (QED) is 0.543. The number of unbranched alkanes of at least 4 members (excludes halogenated alkanes) is 1. The molecule has 0 saturated carbocycles. The monoisotopic (exact) mass is 286 g/mol. The van der Waals surface area contributed by atoms with Crippen molar-refractivity contribution in [2.45, 2.75) is 66.2 Å². The molecule has 0 aromatic rings. The van der Waals surface area contributed by atoms with E-state index in [1.807, 2.05) is 13.8 Å². The molecule has 0 N–H and O–H groups in total. The molecule has 1 atom stereocenters.